The predicted octanol–water partition coefficient (Wildman–Crippen LogP) is 2.19. The fourth-order valence-electron chi connectivity index (χ4n) is 3.43. The third kappa shape index (κ3) is 2.70. The Kier molecular flexibility index (Phi) is 4.17. The first-order chi connectivity index (χ1) is 11.4. The van der Waals surface area contributed by atoms with E-state index in [0.717, 1.165) is 17.0 Å². The van der Waals surface area contributed by atoms with Crippen LogP contribution in [0.5, 0.6) is 0 Å². The van der Waals surface area contributed by atoms with Crippen LogP contribution >= 0.6 is 0 Å². The van der Waals surface area contributed by atoms with E-state index in [4.69, 9.17) is 4.42 Å². The average Bonchev–Trinajstić information content (AvgIpc) is 3.13. The molecule has 24 heavy (non-hydrogen) atoms. The number of carboxylic acids is 1. The van der Waals surface area contributed by atoms with Gasteiger partial charge in [0, 0.05) is 24.7 Å². The molecule has 3 heterocycles. The Morgan fingerprint density at radius 2 is 2.21 bits per heavy atom. The smallest absolute Gasteiger partial charge is 0.309 e. The first kappa shape index (κ1) is 16.3. The Bertz CT molecular complexity index is 763. The summed E-state index contributed by atoms with van der Waals surface area (Å²) in [6, 6.07) is 2.85. The third-order valence-corrected chi connectivity index (χ3v) is 4.85. The molecule has 0 unspecified atom stereocenters. The standard InChI is InChI=1S/C17H21N3O4/c1-10-13(11(2)19(3)18-10)9-20-15(21)7-6-12(17(22)23)16(20)14-5-4-8-24-14/h4-5,8,12,16H,6-7,9H2,1-3H3,(H,22,23)/t12-,16-/m1/s1. The molecule has 128 valence electrons. The maximum atomic E-state index is 12.6. The van der Waals surface area contributed by atoms with E-state index in [1.165, 1.54) is 6.26 Å². The molecule has 7 heteroatoms. The highest BCUT2D eigenvalue weighted by atomic mass is 16.4. The molecule has 3 rings (SSSR count). The van der Waals surface area contributed by atoms with Gasteiger partial charge in [-0.2, -0.15) is 5.10 Å². The van der Waals surface area contributed by atoms with Crippen LogP contribution in [0.4, 0.5) is 0 Å². The summed E-state index contributed by atoms with van der Waals surface area (Å²) in [6.45, 7) is 4.17. The summed E-state index contributed by atoms with van der Waals surface area (Å²) in [5.41, 5.74) is 2.77. The second-order valence-corrected chi connectivity index (χ2v) is 6.24. The van der Waals surface area contributed by atoms with Gasteiger partial charge in [-0.15, -0.1) is 0 Å². The Labute approximate surface area is 139 Å². The maximum Gasteiger partial charge on any atom is 0.309 e. The number of aryl methyl sites for hydroxylation is 2. The molecule has 1 aliphatic heterocycles. The molecule has 2 atom stereocenters. The van der Waals surface area contributed by atoms with Gasteiger partial charge in [0.05, 0.1) is 24.4 Å². The van der Waals surface area contributed by atoms with E-state index in [9.17, 15) is 14.7 Å². The van der Waals surface area contributed by atoms with Crippen LogP contribution in [0.1, 0.15) is 41.6 Å². The molecular formula is C17H21N3O4. The van der Waals surface area contributed by atoms with Crippen molar-refractivity contribution < 1.29 is 19.1 Å². The molecule has 1 saturated heterocycles. The van der Waals surface area contributed by atoms with E-state index in [1.54, 1.807) is 21.7 Å². The van der Waals surface area contributed by atoms with Crippen molar-refractivity contribution >= 4 is 11.9 Å². The van der Waals surface area contributed by atoms with Gasteiger partial charge in [-0.1, -0.05) is 0 Å². The lowest BCUT2D eigenvalue weighted by atomic mass is 9.86. The van der Waals surface area contributed by atoms with Gasteiger partial charge in [-0.05, 0) is 32.4 Å². The first-order valence-electron chi connectivity index (χ1n) is 7.95. The molecule has 0 bridgehead atoms. The Morgan fingerprint density at radius 3 is 2.75 bits per heavy atom. The molecule has 2 aromatic rings. The van der Waals surface area contributed by atoms with Crippen LogP contribution in [0.2, 0.25) is 0 Å². The van der Waals surface area contributed by atoms with Crippen molar-refractivity contribution in [1.29, 1.82) is 0 Å². The summed E-state index contributed by atoms with van der Waals surface area (Å²) in [6.07, 6.45) is 2.06. The van der Waals surface area contributed by atoms with Crippen LogP contribution in [-0.2, 0) is 23.2 Å². The van der Waals surface area contributed by atoms with Gasteiger partial charge < -0.3 is 14.4 Å². The van der Waals surface area contributed by atoms with Crippen molar-refractivity contribution in [2.45, 2.75) is 39.3 Å². The van der Waals surface area contributed by atoms with Crippen LogP contribution in [-0.4, -0.2) is 31.7 Å². The first-order valence-corrected chi connectivity index (χ1v) is 7.95. The molecular weight excluding hydrogens is 310 g/mol. The van der Waals surface area contributed by atoms with E-state index >= 15 is 0 Å². The number of hydrogen-bond donors (Lipinski definition) is 1. The Morgan fingerprint density at radius 1 is 1.46 bits per heavy atom. The van der Waals surface area contributed by atoms with Gasteiger partial charge in [-0.3, -0.25) is 14.3 Å². The number of carbonyl (C=O) groups excluding carboxylic acids is 1. The zero-order chi connectivity index (χ0) is 17.4. The molecule has 0 radical (unpaired) electrons. The number of aromatic nitrogens is 2. The van der Waals surface area contributed by atoms with Crippen molar-refractivity contribution in [3.8, 4) is 0 Å². The molecule has 1 aliphatic rings. The predicted molar refractivity (Wildman–Crippen MR) is 85.0 cm³/mol. The van der Waals surface area contributed by atoms with Crippen molar-refractivity contribution in [1.82, 2.24) is 14.7 Å². The van der Waals surface area contributed by atoms with E-state index < -0.39 is 17.9 Å². The lowest BCUT2D eigenvalue weighted by molar-refractivity contribution is -0.153. The highest BCUT2D eigenvalue weighted by Gasteiger charge is 2.42. The van der Waals surface area contributed by atoms with Crippen LogP contribution in [0.15, 0.2) is 22.8 Å². The quantitative estimate of drug-likeness (QED) is 0.928. The lowest BCUT2D eigenvalue weighted by Crippen LogP contribution is -2.44. The largest absolute Gasteiger partial charge is 0.481 e. The minimum absolute atomic E-state index is 0.0587. The van der Waals surface area contributed by atoms with Gasteiger partial charge in [0.2, 0.25) is 5.91 Å². The fraction of sp³-hybridized carbons (Fsp3) is 0.471. The van der Waals surface area contributed by atoms with Gasteiger partial charge in [-0.25, -0.2) is 0 Å². The van der Waals surface area contributed by atoms with Gasteiger partial charge >= 0.3 is 5.97 Å². The van der Waals surface area contributed by atoms with E-state index in [2.05, 4.69) is 5.10 Å². The summed E-state index contributed by atoms with van der Waals surface area (Å²) >= 11 is 0. The lowest BCUT2D eigenvalue weighted by Gasteiger charge is -2.38. The highest BCUT2D eigenvalue weighted by molar-refractivity contribution is 5.81. The topological polar surface area (TPSA) is 88.6 Å². The van der Waals surface area contributed by atoms with Crippen LogP contribution < -0.4 is 0 Å². The number of furan rings is 1. The van der Waals surface area contributed by atoms with Crippen molar-refractivity contribution in [3.63, 3.8) is 0 Å². The van der Waals surface area contributed by atoms with Crippen molar-refractivity contribution in [2.24, 2.45) is 13.0 Å². The van der Waals surface area contributed by atoms with E-state index in [1.807, 2.05) is 20.9 Å². The van der Waals surface area contributed by atoms with Crippen LogP contribution in [0, 0.1) is 19.8 Å². The summed E-state index contributed by atoms with van der Waals surface area (Å²) < 4.78 is 7.23. The van der Waals surface area contributed by atoms with Gasteiger partial charge in [0.15, 0.2) is 0 Å². The summed E-state index contributed by atoms with van der Waals surface area (Å²) in [5.74, 6) is -1.13. The molecule has 1 N–H and O–H groups in total. The zero-order valence-corrected chi connectivity index (χ0v) is 14.0. The molecule has 0 aromatic carbocycles. The maximum absolute atomic E-state index is 12.6. The van der Waals surface area contributed by atoms with Crippen LogP contribution in [0.25, 0.3) is 0 Å². The molecule has 1 fully saturated rings. The zero-order valence-electron chi connectivity index (χ0n) is 14.0. The number of carboxylic acid groups (broad SMARTS) is 1. The number of aliphatic carboxylic acids is 1. The van der Waals surface area contributed by atoms with Crippen molar-refractivity contribution in [3.05, 3.63) is 41.1 Å². The number of carbonyl (C=O) groups is 2. The number of amides is 1. The minimum atomic E-state index is -0.909. The molecule has 1 amide bonds. The number of likely N-dealkylation sites (tertiary alicyclic amines) is 1. The summed E-state index contributed by atoms with van der Waals surface area (Å²) in [4.78, 5) is 25.9. The Hall–Kier alpha value is -2.57. The highest BCUT2D eigenvalue weighted by Crippen LogP contribution is 2.38. The fourth-order valence-corrected chi connectivity index (χ4v) is 3.43. The summed E-state index contributed by atoms with van der Waals surface area (Å²) in [7, 11) is 1.86. The molecule has 0 spiro atoms. The summed E-state index contributed by atoms with van der Waals surface area (Å²) in [5, 5.41) is 14.0. The van der Waals surface area contributed by atoms with E-state index in [0.29, 0.717) is 18.7 Å². The number of rotatable bonds is 4. The van der Waals surface area contributed by atoms with Crippen LogP contribution in [0.3, 0.4) is 0 Å². The second-order valence-electron chi connectivity index (χ2n) is 6.24. The number of hydrogen-bond acceptors (Lipinski definition) is 4. The minimum Gasteiger partial charge on any atom is -0.481 e. The second kappa shape index (κ2) is 6.14. The third-order valence-electron chi connectivity index (χ3n) is 4.85. The number of piperidine rings is 1. The average molecular weight is 331 g/mol. The van der Waals surface area contributed by atoms with E-state index in [-0.39, 0.29) is 12.3 Å². The van der Waals surface area contributed by atoms with Crippen molar-refractivity contribution in [2.75, 3.05) is 0 Å². The normalized spacial score (nSPS) is 21.3. The molecule has 0 aliphatic carbocycles. The SMILES string of the molecule is Cc1nn(C)c(C)c1CN1C(=O)CC[C@@H](C(=O)O)[C@@H]1c1ccco1. The molecule has 2 aromatic heterocycles. The Balaban J connectivity index is 2.01. The monoisotopic (exact) mass is 331 g/mol. The molecule has 0 saturated carbocycles. The molecule has 7 nitrogen and oxygen atoms in total. The van der Waals surface area contributed by atoms with Gasteiger partial charge in [0.25, 0.3) is 0 Å². The van der Waals surface area contributed by atoms with Gasteiger partial charge in [0.1, 0.15) is 11.8 Å². The number of nitrogens with zero attached hydrogens (tertiary/aromatic N) is 3.